The monoisotopic (exact) mass is 410 g/mol. The van der Waals surface area contributed by atoms with Crippen LogP contribution in [0.3, 0.4) is 0 Å². The van der Waals surface area contributed by atoms with Crippen molar-refractivity contribution in [1.29, 1.82) is 0 Å². The predicted molar refractivity (Wildman–Crippen MR) is 102 cm³/mol. The third-order valence-electron chi connectivity index (χ3n) is 3.94. The van der Waals surface area contributed by atoms with Crippen LogP contribution in [0, 0.1) is 11.6 Å². The summed E-state index contributed by atoms with van der Waals surface area (Å²) in [5, 5.41) is 9.52. The van der Waals surface area contributed by atoms with E-state index in [2.05, 4.69) is 4.74 Å². The number of esters is 1. The van der Waals surface area contributed by atoms with Crippen LogP contribution in [0.1, 0.15) is 52.0 Å². The van der Waals surface area contributed by atoms with Gasteiger partial charge in [-0.2, -0.15) is 0 Å². The van der Waals surface area contributed by atoms with E-state index >= 15 is 0 Å². The van der Waals surface area contributed by atoms with Crippen molar-refractivity contribution in [2.75, 3.05) is 21.3 Å². The van der Waals surface area contributed by atoms with Crippen LogP contribution in [-0.2, 0) is 19.8 Å². The van der Waals surface area contributed by atoms with E-state index in [4.69, 9.17) is 9.47 Å². The van der Waals surface area contributed by atoms with Gasteiger partial charge in [-0.25, -0.2) is 13.6 Å². The Morgan fingerprint density at radius 2 is 1.66 bits per heavy atom. The third-order valence-corrected chi connectivity index (χ3v) is 3.94. The first-order valence-corrected chi connectivity index (χ1v) is 8.50. The summed E-state index contributed by atoms with van der Waals surface area (Å²) in [4.78, 5) is 21.4. The lowest BCUT2D eigenvalue weighted by Gasteiger charge is -2.17. The number of rotatable bonds is 6. The minimum atomic E-state index is -1.08. The molecule has 0 saturated carbocycles. The molecule has 0 aliphatic rings. The fourth-order valence-electron chi connectivity index (χ4n) is 2.32. The summed E-state index contributed by atoms with van der Waals surface area (Å²) in [6.07, 6.45) is -0.338. The van der Waals surface area contributed by atoms with Crippen molar-refractivity contribution in [3.63, 3.8) is 0 Å². The summed E-state index contributed by atoms with van der Waals surface area (Å²) >= 11 is 0. The molecule has 8 heteroatoms. The molecule has 2 rings (SSSR count). The summed E-state index contributed by atoms with van der Waals surface area (Å²) in [6.45, 7) is 3.12. The van der Waals surface area contributed by atoms with Gasteiger partial charge in [0, 0.05) is 19.8 Å². The van der Waals surface area contributed by atoms with Gasteiger partial charge in [0.15, 0.2) is 12.6 Å². The number of aliphatic hydroxyl groups is 1. The molecule has 2 aromatic carbocycles. The minimum Gasteiger partial charge on any atom is -0.465 e. The van der Waals surface area contributed by atoms with Gasteiger partial charge in [0.05, 0.1) is 23.8 Å². The van der Waals surface area contributed by atoms with Gasteiger partial charge in [0.2, 0.25) is 0 Å². The van der Waals surface area contributed by atoms with E-state index in [0.29, 0.717) is 11.8 Å². The van der Waals surface area contributed by atoms with Gasteiger partial charge in [-0.3, -0.25) is 4.79 Å². The lowest BCUT2D eigenvalue weighted by molar-refractivity contribution is -0.107. The Balaban J connectivity index is 0.000000296. The molecule has 0 bridgehead atoms. The van der Waals surface area contributed by atoms with Crippen LogP contribution in [0.25, 0.3) is 0 Å². The molecular weight excluding hydrogens is 386 g/mol. The van der Waals surface area contributed by atoms with E-state index < -0.39 is 29.5 Å². The molecule has 0 radical (unpaired) electrons. The van der Waals surface area contributed by atoms with Crippen LogP contribution in [0.2, 0.25) is 0 Å². The average molecular weight is 410 g/mol. The minimum absolute atomic E-state index is 0.00741. The van der Waals surface area contributed by atoms with Crippen LogP contribution >= 0.6 is 0 Å². The second-order valence-electron chi connectivity index (χ2n) is 6.44. The highest BCUT2D eigenvalue weighted by Gasteiger charge is 2.18. The average Bonchev–Trinajstić information content (AvgIpc) is 2.69. The quantitative estimate of drug-likeness (QED) is 0.444. The smallest absolute Gasteiger partial charge is 0.337 e. The number of benzene rings is 2. The molecule has 0 aliphatic carbocycles. The van der Waals surface area contributed by atoms with Gasteiger partial charge in [-0.1, -0.05) is 12.1 Å². The summed E-state index contributed by atoms with van der Waals surface area (Å²) in [5.41, 5.74) is -0.238. The second-order valence-corrected chi connectivity index (χ2v) is 6.44. The lowest BCUT2D eigenvalue weighted by Crippen LogP contribution is -2.15. The molecule has 0 amide bonds. The molecule has 158 valence electrons. The Labute approximate surface area is 168 Å². The molecular formula is C21H24F2O6. The zero-order chi connectivity index (χ0) is 22.2. The van der Waals surface area contributed by atoms with Crippen LogP contribution in [0.4, 0.5) is 8.78 Å². The number of carbonyl (C=O) groups excluding carboxylic acids is 2. The third kappa shape index (κ3) is 6.70. The van der Waals surface area contributed by atoms with Crippen molar-refractivity contribution in [2.45, 2.75) is 25.7 Å². The van der Waals surface area contributed by atoms with Gasteiger partial charge in [0.1, 0.15) is 11.6 Å². The Kier molecular flexibility index (Phi) is 9.03. The Bertz CT molecular complexity index is 842. The van der Waals surface area contributed by atoms with Crippen molar-refractivity contribution in [1.82, 2.24) is 0 Å². The molecule has 0 unspecified atom stereocenters. The van der Waals surface area contributed by atoms with Crippen molar-refractivity contribution in [2.24, 2.45) is 0 Å². The molecule has 0 heterocycles. The van der Waals surface area contributed by atoms with Gasteiger partial charge in [-0.05, 0) is 43.7 Å². The van der Waals surface area contributed by atoms with E-state index in [0.717, 1.165) is 6.07 Å². The van der Waals surface area contributed by atoms with Crippen molar-refractivity contribution >= 4 is 12.3 Å². The normalized spacial score (nSPS) is 10.9. The number of hydrogen-bond acceptors (Lipinski definition) is 6. The largest absolute Gasteiger partial charge is 0.465 e. The first kappa shape index (κ1) is 24.4. The molecule has 1 N–H and O–H groups in total. The highest BCUT2D eigenvalue weighted by atomic mass is 19.1. The molecule has 0 saturated heterocycles. The zero-order valence-corrected chi connectivity index (χ0v) is 16.9. The Morgan fingerprint density at radius 1 is 1.03 bits per heavy atom. The first-order chi connectivity index (χ1) is 13.6. The fourth-order valence-corrected chi connectivity index (χ4v) is 2.32. The topological polar surface area (TPSA) is 82.1 Å². The Hall–Kier alpha value is -2.68. The number of aldehydes is 1. The maximum absolute atomic E-state index is 13.6. The van der Waals surface area contributed by atoms with E-state index in [1.165, 1.54) is 51.7 Å². The maximum atomic E-state index is 13.6. The van der Waals surface area contributed by atoms with Gasteiger partial charge in [-0.15, -0.1) is 0 Å². The van der Waals surface area contributed by atoms with Crippen LogP contribution < -0.4 is 0 Å². The van der Waals surface area contributed by atoms with Gasteiger partial charge >= 0.3 is 5.97 Å². The zero-order valence-electron chi connectivity index (χ0n) is 16.9. The predicted octanol–water partition coefficient (Wildman–Crippen LogP) is 3.77. The number of methoxy groups -OCH3 is 3. The van der Waals surface area contributed by atoms with E-state index in [1.54, 1.807) is 13.8 Å². The SMILES string of the molecule is CC(C)(O)c1ccc(C=O)c(F)c1.COC(=O)c1ccc(C(OC)OC)c(F)c1. The molecule has 2 aromatic rings. The van der Waals surface area contributed by atoms with Crippen LogP contribution in [-0.4, -0.2) is 38.7 Å². The second kappa shape index (κ2) is 10.8. The summed E-state index contributed by atoms with van der Waals surface area (Å²) in [5.74, 6) is -1.76. The summed E-state index contributed by atoms with van der Waals surface area (Å²) in [6, 6.07) is 8.03. The number of ether oxygens (including phenoxy) is 3. The van der Waals surface area contributed by atoms with Crippen molar-refractivity contribution in [3.8, 4) is 0 Å². The molecule has 6 nitrogen and oxygen atoms in total. The van der Waals surface area contributed by atoms with E-state index in [1.807, 2.05) is 0 Å². The molecule has 29 heavy (non-hydrogen) atoms. The number of carbonyl (C=O) groups is 2. The summed E-state index contributed by atoms with van der Waals surface area (Å²) in [7, 11) is 4.05. The lowest BCUT2D eigenvalue weighted by atomic mass is 9.97. The standard InChI is InChI=1S/C11H13FO4.C10H11FO2/c1-14-10(13)7-4-5-8(9(12)6-7)11(15-2)16-3;1-10(2,13)8-4-3-7(6-12)9(11)5-8/h4-6,11H,1-3H3;3-6,13H,1-2H3. The van der Waals surface area contributed by atoms with Crippen LogP contribution in [0.15, 0.2) is 36.4 Å². The Morgan fingerprint density at radius 3 is 2.07 bits per heavy atom. The summed E-state index contributed by atoms with van der Waals surface area (Å²) < 4.78 is 40.9. The first-order valence-electron chi connectivity index (χ1n) is 8.50. The fraction of sp³-hybridized carbons (Fsp3) is 0.333. The van der Waals surface area contributed by atoms with E-state index in [9.17, 15) is 23.5 Å². The molecule has 0 spiro atoms. The molecule has 0 fully saturated rings. The highest BCUT2D eigenvalue weighted by Crippen LogP contribution is 2.22. The van der Waals surface area contributed by atoms with Crippen molar-refractivity contribution < 1.29 is 37.7 Å². The van der Waals surface area contributed by atoms with Crippen molar-refractivity contribution in [3.05, 3.63) is 70.3 Å². The number of halogens is 2. The highest BCUT2D eigenvalue weighted by molar-refractivity contribution is 5.89. The van der Waals surface area contributed by atoms with Gasteiger partial charge in [0.25, 0.3) is 0 Å². The molecule has 0 aliphatic heterocycles. The number of hydrogen-bond donors (Lipinski definition) is 1. The molecule has 0 aromatic heterocycles. The molecule has 0 atom stereocenters. The van der Waals surface area contributed by atoms with Crippen LogP contribution in [0.5, 0.6) is 0 Å². The van der Waals surface area contributed by atoms with E-state index in [-0.39, 0.29) is 16.7 Å². The maximum Gasteiger partial charge on any atom is 0.337 e. The van der Waals surface area contributed by atoms with Gasteiger partial charge < -0.3 is 19.3 Å².